The van der Waals surface area contributed by atoms with Crippen LogP contribution in [0.15, 0.2) is 30.0 Å². The van der Waals surface area contributed by atoms with Gasteiger partial charge in [0.1, 0.15) is 17.7 Å². The van der Waals surface area contributed by atoms with Crippen LogP contribution >= 0.6 is 22.6 Å². The third-order valence-corrected chi connectivity index (χ3v) is 2.99. The van der Waals surface area contributed by atoms with Gasteiger partial charge in [-0.3, -0.25) is 0 Å². The fourth-order valence-electron chi connectivity index (χ4n) is 1.21. The number of nitriles is 2. The maximum atomic E-state index is 11.5. The minimum absolute atomic E-state index is 0.0229. The van der Waals surface area contributed by atoms with Crippen LogP contribution in [0.4, 0.5) is 5.69 Å². The number of nitrogens with zero attached hydrogens (tertiary/aromatic N) is 2. The average Bonchev–Trinajstić information content (AvgIpc) is 2.41. The van der Waals surface area contributed by atoms with E-state index in [2.05, 4.69) is 27.9 Å². The number of carbonyl (C=O) groups excluding carboxylic acids is 1. The summed E-state index contributed by atoms with van der Waals surface area (Å²) >= 11 is 2.05. The Balaban J connectivity index is 2.91. The highest BCUT2D eigenvalue weighted by atomic mass is 127. The van der Waals surface area contributed by atoms with Gasteiger partial charge in [-0.1, -0.05) is 0 Å². The van der Waals surface area contributed by atoms with E-state index in [4.69, 9.17) is 15.3 Å². The molecule has 0 saturated heterocycles. The molecule has 1 N–H and O–H groups in total. The summed E-state index contributed by atoms with van der Waals surface area (Å²) in [4.78, 5) is 11.5. The monoisotopic (exact) mass is 367 g/mol. The van der Waals surface area contributed by atoms with E-state index in [9.17, 15) is 4.79 Å². The lowest BCUT2D eigenvalue weighted by atomic mass is 10.2. The largest absolute Gasteiger partial charge is 0.462 e. The molecule has 0 heterocycles. The van der Waals surface area contributed by atoms with E-state index in [1.165, 1.54) is 6.20 Å². The van der Waals surface area contributed by atoms with Crippen molar-refractivity contribution < 1.29 is 9.53 Å². The summed E-state index contributed by atoms with van der Waals surface area (Å²) in [5, 5.41) is 20.1. The highest BCUT2D eigenvalue weighted by Gasteiger charge is 2.08. The molecule has 1 aromatic rings. The first-order chi connectivity index (χ1) is 9.12. The normalized spacial score (nSPS) is 8.84. The molecule has 0 amide bonds. The number of rotatable bonds is 4. The molecule has 0 aromatic heterocycles. The summed E-state index contributed by atoms with van der Waals surface area (Å²) in [6.07, 6.45) is 1.32. The van der Waals surface area contributed by atoms with Crippen molar-refractivity contribution >= 4 is 34.2 Å². The van der Waals surface area contributed by atoms with Gasteiger partial charge in [-0.05, 0) is 47.7 Å². The van der Waals surface area contributed by atoms with E-state index in [0.29, 0.717) is 17.9 Å². The lowest BCUT2D eigenvalue weighted by Crippen LogP contribution is -2.05. The lowest BCUT2D eigenvalue weighted by Gasteiger charge is -2.07. The molecule has 0 spiro atoms. The fourth-order valence-corrected chi connectivity index (χ4v) is 1.88. The minimum atomic E-state index is -0.378. The van der Waals surface area contributed by atoms with Gasteiger partial charge in [0.25, 0.3) is 0 Å². The van der Waals surface area contributed by atoms with Crippen LogP contribution < -0.4 is 5.32 Å². The van der Waals surface area contributed by atoms with Crippen molar-refractivity contribution in [3.8, 4) is 12.1 Å². The van der Waals surface area contributed by atoms with Gasteiger partial charge in [0.2, 0.25) is 0 Å². The van der Waals surface area contributed by atoms with Crippen LogP contribution in [0.1, 0.15) is 17.3 Å². The predicted molar refractivity (Wildman–Crippen MR) is 78.0 cm³/mol. The number of nitrogens with one attached hydrogen (secondary N) is 1. The average molecular weight is 367 g/mol. The number of allylic oxidation sites excluding steroid dienone is 1. The second-order valence-corrected chi connectivity index (χ2v) is 4.50. The molecule has 0 aliphatic carbocycles. The second kappa shape index (κ2) is 7.39. The van der Waals surface area contributed by atoms with E-state index < -0.39 is 0 Å². The van der Waals surface area contributed by atoms with Crippen molar-refractivity contribution in [2.75, 3.05) is 11.9 Å². The molecule has 96 valence electrons. The van der Waals surface area contributed by atoms with Gasteiger partial charge in [-0.25, -0.2) is 4.79 Å². The first-order valence-corrected chi connectivity index (χ1v) is 6.43. The number of ether oxygens (including phenoxy) is 1. The van der Waals surface area contributed by atoms with Crippen LogP contribution in [0.2, 0.25) is 0 Å². The molecule has 0 aliphatic rings. The van der Waals surface area contributed by atoms with Crippen molar-refractivity contribution in [3.63, 3.8) is 0 Å². The third-order valence-electron chi connectivity index (χ3n) is 2.09. The topological polar surface area (TPSA) is 85.9 Å². The molecule has 1 rings (SSSR count). The molecule has 0 radical (unpaired) electrons. The van der Waals surface area contributed by atoms with E-state index in [0.717, 1.165) is 3.57 Å². The molecule has 0 aliphatic heterocycles. The lowest BCUT2D eigenvalue weighted by molar-refractivity contribution is 0.0526. The Kier molecular flexibility index (Phi) is 5.83. The third kappa shape index (κ3) is 4.27. The number of hydrogen-bond acceptors (Lipinski definition) is 5. The SMILES string of the molecule is CCOC(=O)c1ccc(NC=C(C#N)C#N)c(I)c1. The molecule has 0 fully saturated rings. The Morgan fingerprint density at radius 3 is 2.68 bits per heavy atom. The van der Waals surface area contributed by atoms with Gasteiger partial charge in [-0.15, -0.1) is 0 Å². The van der Waals surface area contributed by atoms with E-state index >= 15 is 0 Å². The van der Waals surface area contributed by atoms with Gasteiger partial charge in [0.05, 0.1) is 17.9 Å². The Labute approximate surface area is 124 Å². The molecule has 0 bridgehead atoms. The Bertz CT molecular complexity index is 581. The number of carbonyl (C=O) groups is 1. The summed E-state index contributed by atoms with van der Waals surface area (Å²) in [6, 6.07) is 8.48. The number of hydrogen-bond donors (Lipinski definition) is 1. The molecule has 6 heteroatoms. The molecule has 0 unspecified atom stereocenters. The van der Waals surface area contributed by atoms with Crippen LogP contribution in [0.25, 0.3) is 0 Å². The smallest absolute Gasteiger partial charge is 0.338 e. The predicted octanol–water partition coefficient (Wildman–Crippen LogP) is 2.81. The van der Waals surface area contributed by atoms with Crippen molar-refractivity contribution in [2.24, 2.45) is 0 Å². The van der Waals surface area contributed by atoms with Crippen LogP contribution in [0.5, 0.6) is 0 Å². The number of halogens is 1. The summed E-state index contributed by atoms with van der Waals surface area (Å²) in [5.74, 6) is -0.378. The zero-order valence-corrected chi connectivity index (χ0v) is 12.3. The quantitative estimate of drug-likeness (QED) is 0.503. The Hall–Kier alpha value is -2.06. The Morgan fingerprint density at radius 2 is 2.16 bits per heavy atom. The van der Waals surface area contributed by atoms with Gasteiger partial charge in [0, 0.05) is 9.77 Å². The first-order valence-electron chi connectivity index (χ1n) is 5.36. The fraction of sp³-hybridized carbons (Fsp3) is 0.154. The van der Waals surface area contributed by atoms with Crippen molar-refractivity contribution in [3.05, 3.63) is 39.1 Å². The van der Waals surface area contributed by atoms with Crippen LogP contribution in [0, 0.1) is 26.2 Å². The highest BCUT2D eigenvalue weighted by molar-refractivity contribution is 14.1. The van der Waals surface area contributed by atoms with Crippen LogP contribution in [-0.2, 0) is 4.74 Å². The summed E-state index contributed by atoms with van der Waals surface area (Å²) in [7, 11) is 0. The molecular weight excluding hydrogens is 357 g/mol. The zero-order valence-electron chi connectivity index (χ0n) is 10.1. The second-order valence-electron chi connectivity index (χ2n) is 3.34. The standard InChI is InChI=1S/C13H10IN3O2/c1-2-19-13(18)10-3-4-12(11(14)5-10)17-8-9(6-15)7-16/h3-5,8,17H,2H2,1H3. The number of anilines is 1. The first kappa shape index (κ1) is 15.0. The molecule has 1 aromatic carbocycles. The molecular formula is C13H10IN3O2. The van der Waals surface area contributed by atoms with E-state index in [1.54, 1.807) is 37.3 Å². The summed E-state index contributed by atoms with van der Waals surface area (Å²) in [6.45, 7) is 2.07. The molecule has 5 nitrogen and oxygen atoms in total. The highest BCUT2D eigenvalue weighted by Crippen LogP contribution is 2.20. The van der Waals surface area contributed by atoms with Crippen LogP contribution in [0.3, 0.4) is 0 Å². The maximum Gasteiger partial charge on any atom is 0.338 e. The van der Waals surface area contributed by atoms with Gasteiger partial charge in [-0.2, -0.15) is 10.5 Å². The maximum absolute atomic E-state index is 11.5. The minimum Gasteiger partial charge on any atom is -0.462 e. The van der Waals surface area contributed by atoms with Crippen molar-refractivity contribution in [2.45, 2.75) is 6.92 Å². The van der Waals surface area contributed by atoms with Gasteiger partial charge in [0.15, 0.2) is 0 Å². The number of benzene rings is 1. The van der Waals surface area contributed by atoms with Crippen molar-refractivity contribution in [1.29, 1.82) is 10.5 Å². The zero-order chi connectivity index (χ0) is 14.3. The molecule has 19 heavy (non-hydrogen) atoms. The summed E-state index contributed by atoms with van der Waals surface area (Å²) in [5.41, 5.74) is 1.14. The van der Waals surface area contributed by atoms with Gasteiger partial charge < -0.3 is 10.1 Å². The summed E-state index contributed by atoms with van der Waals surface area (Å²) < 4.78 is 5.68. The van der Waals surface area contributed by atoms with E-state index in [-0.39, 0.29) is 11.5 Å². The molecule has 0 atom stereocenters. The molecule has 0 saturated carbocycles. The van der Waals surface area contributed by atoms with Gasteiger partial charge >= 0.3 is 5.97 Å². The Morgan fingerprint density at radius 1 is 1.47 bits per heavy atom. The van der Waals surface area contributed by atoms with Crippen LogP contribution in [-0.4, -0.2) is 12.6 Å². The van der Waals surface area contributed by atoms with E-state index in [1.807, 2.05) is 0 Å². The number of esters is 1. The van der Waals surface area contributed by atoms with Crippen molar-refractivity contribution in [1.82, 2.24) is 0 Å².